The van der Waals surface area contributed by atoms with Gasteiger partial charge >= 0.3 is 0 Å². The average Bonchev–Trinajstić information content (AvgIpc) is 3.10. The fourth-order valence-corrected chi connectivity index (χ4v) is 3.71. The molecule has 1 aromatic carbocycles. The molecule has 0 atom stereocenters. The van der Waals surface area contributed by atoms with Crippen molar-refractivity contribution in [2.24, 2.45) is 5.92 Å². The van der Waals surface area contributed by atoms with Crippen LogP contribution < -0.4 is 10.3 Å². The van der Waals surface area contributed by atoms with E-state index in [2.05, 4.69) is 15.0 Å². The lowest BCUT2D eigenvalue weighted by Crippen LogP contribution is -2.36. The SMILES string of the molecule is COc1ccc2c(=O)n(CC3CCN(Cc4cc(C)no4)CC3)cnc2c1. The molecule has 7 nitrogen and oxygen atoms in total. The first-order valence-corrected chi connectivity index (χ1v) is 9.30. The molecule has 1 aliphatic rings. The molecule has 0 N–H and O–H groups in total. The lowest BCUT2D eigenvalue weighted by Gasteiger charge is -2.31. The molecule has 27 heavy (non-hydrogen) atoms. The largest absolute Gasteiger partial charge is 0.497 e. The van der Waals surface area contributed by atoms with Gasteiger partial charge in [-0.25, -0.2) is 4.98 Å². The van der Waals surface area contributed by atoms with Crippen LogP contribution >= 0.6 is 0 Å². The average molecular weight is 368 g/mol. The molecule has 2 aromatic heterocycles. The Morgan fingerprint density at radius 2 is 2.07 bits per heavy atom. The van der Waals surface area contributed by atoms with E-state index < -0.39 is 0 Å². The van der Waals surface area contributed by atoms with E-state index >= 15 is 0 Å². The monoisotopic (exact) mass is 368 g/mol. The van der Waals surface area contributed by atoms with E-state index in [0.717, 1.165) is 43.9 Å². The third kappa shape index (κ3) is 3.88. The van der Waals surface area contributed by atoms with Crippen molar-refractivity contribution in [1.29, 1.82) is 0 Å². The molecule has 0 spiro atoms. The van der Waals surface area contributed by atoms with Crippen LogP contribution in [0.4, 0.5) is 0 Å². The Hall–Kier alpha value is -2.67. The summed E-state index contributed by atoms with van der Waals surface area (Å²) in [7, 11) is 1.61. The zero-order chi connectivity index (χ0) is 18.8. The molecule has 7 heteroatoms. The highest BCUT2D eigenvalue weighted by atomic mass is 16.5. The van der Waals surface area contributed by atoms with E-state index in [-0.39, 0.29) is 5.56 Å². The summed E-state index contributed by atoms with van der Waals surface area (Å²) in [5.41, 5.74) is 1.61. The van der Waals surface area contributed by atoms with Crippen molar-refractivity contribution in [1.82, 2.24) is 19.6 Å². The van der Waals surface area contributed by atoms with E-state index in [4.69, 9.17) is 9.26 Å². The second-order valence-corrected chi connectivity index (χ2v) is 7.24. The van der Waals surface area contributed by atoms with Crippen LogP contribution in [-0.2, 0) is 13.1 Å². The summed E-state index contributed by atoms with van der Waals surface area (Å²) in [6.07, 6.45) is 3.77. The fourth-order valence-electron chi connectivity index (χ4n) is 3.71. The highest BCUT2D eigenvalue weighted by Gasteiger charge is 2.21. The van der Waals surface area contributed by atoms with Gasteiger partial charge in [-0.3, -0.25) is 14.3 Å². The van der Waals surface area contributed by atoms with Gasteiger partial charge in [0.15, 0.2) is 5.76 Å². The second kappa shape index (κ2) is 7.52. The first kappa shape index (κ1) is 17.7. The smallest absolute Gasteiger partial charge is 0.261 e. The summed E-state index contributed by atoms with van der Waals surface area (Å²) in [4.78, 5) is 19.6. The van der Waals surface area contributed by atoms with Crippen LogP contribution in [0.5, 0.6) is 5.75 Å². The van der Waals surface area contributed by atoms with E-state index in [1.165, 1.54) is 0 Å². The molecule has 3 heterocycles. The maximum atomic E-state index is 12.8. The maximum Gasteiger partial charge on any atom is 0.261 e. The second-order valence-electron chi connectivity index (χ2n) is 7.24. The Morgan fingerprint density at radius 3 is 2.78 bits per heavy atom. The zero-order valence-electron chi connectivity index (χ0n) is 15.7. The zero-order valence-corrected chi connectivity index (χ0v) is 15.7. The normalized spacial score (nSPS) is 16.1. The molecule has 0 aliphatic carbocycles. The van der Waals surface area contributed by atoms with Crippen LogP contribution in [0.2, 0.25) is 0 Å². The number of fused-ring (bicyclic) bond motifs is 1. The van der Waals surface area contributed by atoms with Crippen molar-refractivity contribution in [2.45, 2.75) is 32.9 Å². The van der Waals surface area contributed by atoms with Gasteiger partial charge in [0.1, 0.15) is 5.75 Å². The van der Waals surface area contributed by atoms with Gasteiger partial charge in [0.05, 0.1) is 36.6 Å². The van der Waals surface area contributed by atoms with Crippen molar-refractivity contribution < 1.29 is 9.26 Å². The summed E-state index contributed by atoms with van der Waals surface area (Å²) in [6, 6.07) is 7.38. The van der Waals surface area contributed by atoms with Crippen LogP contribution in [0.3, 0.4) is 0 Å². The Morgan fingerprint density at radius 1 is 1.26 bits per heavy atom. The van der Waals surface area contributed by atoms with Gasteiger partial charge in [0.25, 0.3) is 5.56 Å². The lowest BCUT2D eigenvalue weighted by atomic mass is 9.96. The van der Waals surface area contributed by atoms with Crippen molar-refractivity contribution in [3.8, 4) is 5.75 Å². The van der Waals surface area contributed by atoms with Gasteiger partial charge in [0.2, 0.25) is 0 Å². The Kier molecular flexibility index (Phi) is 4.94. The molecule has 4 rings (SSSR count). The summed E-state index contributed by atoms with van der Waals surface area (Å²) in [5.74, 6) is 2.10. The molecule has 0 radical (unpaired) electrons. The summed E-state index contributed by atoms with van der Waals surface area (Å²) >= 11 is 0. The first-order valence-electron chi connectivity index (χ1n) is 9.30. The Bertz CT molecular complexity index is 986. The van der Waals surface area contributed by atoms with Gasteiger partial charge in [-0.2, -0.15) is 0 Å². The minimum absolute atomic E-state index is 0.0159. The van der Waals surface area contributed by atoms with E-state index in [9.17, 15) is 4.79 Å². The van der Waals surface area contributed by atoms with Crippen molar-refractivity contribution in [3.63, 3.8) is 0 Å². The molecule has 1 aliphatic heterocycles. The topological polar surface area (TPSA) is 73.4 Å². The molecular weight excluding hydrogens is 344 g/mol. The number of aromatic nitrogens is 3. The fraction of sp³-hybridized carbons (Fsp3) is 0.450. The molecule has 3 aromatic rings. The number of hydrogen-bond donors (Lipinski definition) is 0. The van der Waals surface area contributed by atoms with Crippen molar-refractivity contribution in [3.05, 3.63) is 52.4 Å². The summed E-state index contributed by atoms with van der Waals surface area (Å²) in [6.45, 7) is 5.44. The molecule has 1 fully saturated rings. The molecule has 0 unspecified atom stereocenters. The predicted molar refractivity (Wildman–Crippen MR) is 102 cm³/mol. The van der Waals surface area contributed by atoms with Crippen LogP contribution in [0.1, 0.15) is 24.3 Å². The number of methoxy groups -OCH3 is 1. The lowest BCUT2D eigenvalue weighted by molar-refractivity contribution is 0.152. The number of likely N-dealkylation sites (tertiary alicyclic amines) is 1. The highest BCUT2D eigenvalue weighted by Crippen LogP contribution is 2.21. The quantitative estimate of drug-likeness (QED) is 0.689. The van der Waals surface area contributed by atoms with Crippen LogP contribution in [0, 0.1) is 12.8 Å². The molecule has 0 saturated carbocycles. The summed E-state index contributed by atoms with van der Waals surface area (Å²) < 4.78 is 12.3. The molecule has 0 bridgehead atoms. The van der Waals surface area contributed by atoms with Crippen LogP contribution in [-0.4, -0.2) is 39.8 Å². The van der Waals surface area contributed by atoms with Crippen LogP contribution in [0.25, 0.3) is 10.9 Å². The third-order valence-electron chi connectivity index (χ3n) is 5.25. The molecule has 142 valence electrons. The maximum absolute atomic E-state index is 12.8. The Balaban J connectivity index is 1.40. The number of rotatable bonds is 5. The minimum atomic E-state index is 0.0159. The van der Waals surface area contributed by atoms with Gasteiger partial charge in [-0.15, -0.1) is 0 Å². The van der Waals surface area contributed by atoms with E-state index in [1.807, 2.05) is 13.0 Å². The van der Waals surface area contributed by atoms with Gasteiger partial charge < -0.3 is 9.26 Å². The summed E-state index contributed by atoms with van der Waals surface area (Å²) in [5, 5.41) is 4.58. The number of benzene rings is 1. The third-order valence-corrected chi connectivity index (χ3v) is 5.25. The standard InChI is InChI=1S/C20H24N4O3/c1-14-9-17(27-22-14)12-23-7-5-15(6-8-23)11-24-13-21-19-10-16(26-2)3-4-18(19)20(24)25/h3-4,9-10,13,15H,5-8,11-12H2,1-2H3. The predicted octanol–water partition coefficient (Wildman–Crippen LogP) is 2.61. The van der Waals surface area contributed by atoms with Gasteiger partial charge in [-0.05, 0) is 50.9 Å². The van der Waals surface area contributed by atoms with Gasteiger partial charge in [0, 0.05) is 18.7 Å². The minimum Gasteiger partial charge on any atom is -0.497 e. The van der Waals surface area contributed by atoms with Gasteiger partial charge in [-0.1, -0.05) is 5.16 Å². The molecule has 1 saturated heterocycles. The number of ether oxygens (including phenoxy) is 1. The number of aryl methyl sites for hydroxylation is 1. The molecular formula is C20H24N4O3. The molecule has 0 amide bonds. The van der Waals surface area contributed by atoms with Crippen molar-refractivity contribution in [2.75, 3.05) is 20.2 Å². The van der Waals surface area contributed by atoms with E-state index in [0.29, 0.717) is 29.1 Å². The van der Waals surface area contributed by atoms with E-state index in [1.54, 1.807) is 36.2 Å². The first-order chi connectivity index (χ1) is 13.1. The Labute approximate surface area is 157 Å². The number of nitrogens with zero attached hydrogens (tertiary/aromatic N) is 4. The van der Waals surface area contributed by atoms with Crippen molar-refractivity contribution >= 4 is 10.9 Å². The number of hydrogen-bond acceptors (Lipinski definition) is 6. The highest BCUT2D eigenvalue weighted by molar-refractivity contribution is 5.78. The number of piperidine rings is 1. The van der Waals surface area contributed by atoms with Crippen LogP contribution in [0.15, 0.2) is 39.9 Å².